The summed E-state index contributed by atoms with van der Waals surface area (Å²) >= 11 is 0. The number of nitrogen functional groups attached to an aromatic ring is 1. The zero-order valence-corrected chi connectivity index (χ0v) is 26.8. The summed E-state index contributed by atoms with van der Waals surface area (Å²) in [6.45, 7) is -0.937. The molecule has 1 saturated heterocycles. The van der Waals surface area contributed by atoms with Gasteiger partial charge < -0.3 is 53.9 Å². The van der Waals surface area contributed by atoms with Crippen LogP contribution in [0.2, 0.25) is 0 Å². The molecule has 2 aromatic rings. The first-order valence-electron chi connectivity index (χ1n) is 8.13. The number of nitrogens with zero attached hydrogens (tertiary/aromatic N) is 4. The van der Waals surface area contributed by atoms with Gasteiger partial charge in [-0.1, -0.05) is 0 Å². The smallest absolute Gasteiger partial charge is 0.778 e. The molecule has 1 fully saturated rings. The molecule has 0 aromatic carbocycles. The average Bonchev–Trinajstić information content (AvgIpc) is 3.13. The minimum atomic E-state index is -5.76. The molecule has 0 amide bonds. The second-order valence-corrected chi connectivity index (χ2v) is 11.8. The molecule has 0 bridgehead atoms. The second kappa shape index (κ2) is 13.7. The van der Waals surface area contributed by atoms with Gasteiger partial charge >= 0.3 is 88.7 Å². The Morgan fingerprint density at radius 1 is 1.06 bits per heavy atom. The number of nitrogens with two attached hydrogens (primary N) is 1. The average molecular weight is 571 g/mol. The number of phosphoric acid groups is 1. The Balaban J connectivity index is 0.00000363. The van der Waals surface area contributed by atoms with E-state index in [1.165, 1.54) is 10.9 Å². The Kier molecular flexibility index (Phi) is 14.3. The molecule has 3 unspecified atom stereocenters. The zero-order valence-electron chi connectivity index (χ0n) is 18.1. The van der Waals surface area contributed by atoms with E-state index in [-0.39, 0.29) is 106 Å². The van der Waals surface area contributed by atoms with Gasteiger partial charge in [-0.25, -0.2) is 15.0 Å². The molecule has 174 valence electrons. The van der Waals surface area contributed by atoms with Gasteiger partial charge in [0.25, 0.3) is 7.82 Å². The fourth-order valence-electron chi connectivity index (χ4n) is 2.78. The number of aliphatic hydroxyl groups is 2. The van der Waals surface area contributed by atoms with E-state index < -0.39 is 60.1 Å². The van der Waals surface area contributed by atoms with Crippen molar-refractivity contribution in [3.05, 3.63) is 12.7 Å². The topological polar surface area (TPSA) is 278 Å². The van der Waals surface area contributed by atoms with Crippen LogP contribution in [0.5, 0.6) is 0 Å². The Hall–Kier alpha value is 1.68. The minimum absolute atomic E-state index is 0. The molecule has 0 saturated carbocycles. The van der Waals surface area contributed by atoms with Crippen LogP contribution < -0.4 is 109 Å². The Morgan fingerprint density at radius 3 is 2.26 bits per heavy atom. The van der Waals surface area contributed by atoms with Crippen LogP contribution >= 0.6 is 23.0 Å². The maximum absolute atomic E-state index is 11.8. The van der Waals surface area contributed by atoms with Crippen LogP contribution in [0.25, 0.3) is 11.2 Å². The molecule has 2 aromatic heterocycles. The second-order valence-electron chi connectivity index (χ2n) is 6.34. The van der Waals surface area contributed by atoms with Gasteiger partial charge in [-0.05, 0) is 0 Å². The first-order chi connectivity index (χ1) is 14.2. The number of rotatable bonds is 8. The summed E-state index contributed by atoms with van der Waals surface area (Å²) in [5.74, 6) is -1.86. The first-order valence-corrected chi connectivity index (χ1v) is 13.1. The van der Waals surface area contributed by atoms with E-state index in [4.69, 9.17) is 15.4 Å². The number of aromatic nitrogens is 4. The third kappa shape index (κ3) is 9.16. The third-order valence-electron chi connectivity index (χ3n) is 4.01. The summed E-state index contributed by atoms with van der Waals surface area (Å²) in [4.78, 5) is 53.8. The van der Waals surface area contributed by atoms with E-state index in [0.29, 0.717) is 0 Å². The van der Waals surface area contributed by atoms with Gasteiger partial charge in [0.1, 0.15) is 37.8 Å². The first kappa shape index (κ1) is 35.7. The Labute approximate surface area is 258 Å². The molecule has 0 aliphatic carbocycles. The maximum Gasteiger partial charge on any atom is 1.00 e. The van der Waals surface area contributed by atoms with Crippen molar-refractivity contribution in [2.24, 2.45) is 0 Å². The fraction of sp³-hybridized carbons (Fsp3) is 0.545. The van der Waals surface area contributed by atoms with Gasteiger partial charge in [-0.2, -0.15) is 0 Å². The van der Waals surface area contributed by atoms with E-state index in [9.17, 15) is 38.6 Å². The van der Waals surface area contributed by atoms with Crippen molar-refractivity contribution >= 4 is 40.0 Å². The molecule has 0 radical (unpaired) electrons. The van der Waals surface area contributed by atoms with Crippen LogP contribution in [0.1, 0.15) is 6.23 Å². The molecule has 1 aliphatic rings. The van der Waals surface area contributed by atoms with Crippen molar-refractivity contribution in [1.29, 1.82) is 0 Å². The summed E-state index contributed by atoms with van der Waals surface area (Å²) in [5.41, 5.74) is 6.00. The van der Waals surface area contributed by atoms with E-state index in [1.807, 2.05) is 0 Å². The SMILES string of the molecule is Nc1ncnc2c1ncn2[C@@H]1O[C@H](COP(=O)([O-])CP(=O)([O-])OP(=O)([O-])O)[C@@H](O)[C@@H]1O.[Na+].[Na+].[Na+]. The number of ether oxygens (including phenoxy) is 1. The zero-order chi connectivity index (χ0) is 23.2. The molecule has 23 heteroatoms. The van der Waals surface area contributed by atoms with Crippen molar-refractivity contribution in [3.8, 4) is 0 Å². The van der Waals surface area contributed by atoms with Gasteiger partial charge in [0, 0.05) is 0 Å². The van der Waals surface area contributed by atoms with Crippen LogP contribution in [0.15, 0.2) is 12.7 Å². The third-order valence-corrected chi connectivity index (χ3v) is 9.14. The van der Waals surface area contributed by atoms with Crippen molar-refractivity contribution in [2.75, 3.05) is 18.2 Å². The molecule has 1 aliphatic heterocycles. The molecule has 34 heavy (non-hydrogen) atoms. The van der Waals surface area contributed by atoms with Crippen LogP contribution in [0.3, 0.4) is 0 Å². The number of imidazole rings is 1. The van der Waals surface area contributed by atoms with Gasteiger partial charge in [0.05, 0.1) is 18.8 Å². The van der Waals surface area contributed by atoms with Crippen molar-refractivity contribution in [2.45, 2.75) is 24.5 Å². The largest absolute Gasteiger partial charge is 1.00 e. The van der Waals surface area contributed by atoms with Gasteiger partial charge in [-0.15, -0.1) is 0 Å². The van der Waals surface area contributed by atoms with Crippen LogP contribution in [-0.2, 0) is 27.3 Å². The normalized spacial score (nSPS) is 27.4. The number of aliphatic hydroxyl groups excluding tert-OH is 2. The van der Waals surface area contributed by atoms with Crippen molar-refractivity contribution < 1.29 is 146 Å². The van der Waals surface area contributed by atoms with E-state index in [1.54, 1.807) is 0 Å². The predicted octanol–water partition coefficient (Wildman–Crippen LogP) is -12.4. The van der Waals surface area contributed by atoms with Gasteiger partial charge in [-0.3, -0.25) is 13.4 Å². The number of anilines is 1. The molecular weight excluding hydrogens is 556 g/mol. The van der Waals surface area contributed by atoms with Gasteiger partial charge in [0.2, 0.25) is 0 Å². The molecule has 17 nitrogen and oxygen atoms in total. The molecule has 3 rings (SSSR count). The van der Waals surface area contributed by atoms with Crippen LogP contribution in [0, 0.1) is 0 Å². The fourth-order valence-corrected chi connectivity index (χ4v) is 7.10. The molecule has 7 atom stereocenters. The number of hydrogen-bond acceptors (Lipinski definition) is 15. The Morgan fingerprint density at radius 2 is 1.68 bits per heavy atom. The number of hydrogen-bond donors (Lipinski definition) is 4. The van der Waals surface area contributed by atoms with Crippen LogP contribution in [0.4, 0.5) is 5.82 Å². The monoisotopic (exact) mass is 571 g/mol. The Bertz CT molecular complexity index is 1120. The van der Waals surface area contributed by atoms with Gasteiger partial charge in [0.15, 0.2) is 25.3 Å². The summed E-state index contributed by atoms with van der Waals surface area (Å²) in [5, 5.41) is 20.4. The predicted molar refractivity (Wildman–Crippen MR) is 92.6 cm³/mol. The molecular formula is C11H15N5Na3O12P3. The maximum atomic E-state index is 11.8. The molecule has 0 spiro atoms. The molecule has 5 N–H and O–H groups in total. The van der Waals surface area contributed by atoms with E-state index >= 15 is 0 Å². The van der Waals surface area contributed by atoms with E-state index in [0.717, 1.165) is 6.33 Å². The van der Waals surface area contributed by atoms with Crippen LogP contribution in [-0.4, -0.2) is 65.4 Å². The van der Waals surface area contributed by atoms with Crippen molar-refractivity contribution in [3.63, 3.8) is 0 Å². The summed E-state index contributed by atoms with van der Waals surface area (Å²) < 4.78 is 48.1. The summed E-state index contributed by atoms with van der Waals surface area (Å²) in [6.07, 6.45) is -3.69. The van der Waals surface area contributed by atoms with Crippen molar-refractivity contribution in [1.82, 2.24) is 19.5 Å². The number of fused-ring (bicyclic) bond motifs is 1. The summed E-state index contributed by atoms with van der Waals surface area (Å²) in [6, 6.07) is 0. The summed E-state index contributed by atoms with van der Waals surface area (Å²) in [7, 11) is -16.6. The quantitative estimate of drug-likeness (QED) is 0.169. The van der Waals surface area contributed by atoms with E-state index in [2.05, 4.69) is 23.8 Å². The standard InChI is InChI=1S/C11H18N5O12P3.3Na/c12-9-6-10(14-2-13-9)16(3-15-6)11-8(18)7(17)5(27-11)1-26-29(19,20)4-30(21,22)28-31(23,24)25;;;/h2-3,5,7-8,11,17-18H,1,4H2,(H,19,20)(H,21,22)(H2,12,13,14)(H2,23,24,25);;;/q;3*+1/p-3/t5-,7-,8+,11-;;;/m1.../s1. The molecule has 3 heterocycles. The minimum Gasteiger partial charge on any atom is -0.778 e.